The number of carbonyl (C=O) groups excluding carboxylic acids is 3. The molecule has 0 bridgehead atoms. The maximum atomic E-state index is 15.8. The van der Waals surface area contributed by atoms with Crippen molar-refractivity contribution in [1.82, 2.24) is 14.9 Å². The number of pyridine rings is 2. The fraction of sp³-hybridized carbons (Fsp3) is 0.485. The number of nitrogens with zero attached hydrogens (tertiary/aromatic N) is 4. The lowest BCUT2D eigenvalue weighted by atomic mass is 9.97. The van der Waals surface area contributed by atoms with E-state index < -0.39 is 29.2 Å². The standard InChI is InChI=1S/C33H37ClFN5O7/c1-16-19(12-37-28-26(16)40(8-9-44-28)31(43)47-33(5,6)7)18-10-17-11-23(36-13-20(17)24(34)25(18)35)38-29(41)45-27-21-14-39(15-22(21)27)30(42)46-32(2,3)4/h10-13,21-22,27H,8-9,14-15H2,1-7H3,(H,36,38,41)/t21-,22+,27?. The van der Waals surface area contributed by atoms with Crippen molar-refractivity contribution in [1.29, 1.82) is 0 Å². The highest BCUT2D eigenvalue weighted by Crippen LogP contribution is 2.48. The Labute approximate surface area is 276 Å². The summed E-state index contributed by atoms with van der Waals surface area (Å²) in [6.45, 7) is 13.9. The van der Waals surface area contributed by atoms with Crippen LogP contribution in [-0.4, -0.2) is 76.7 Å². The molecule has 1 aromatic carbocycles. The van der Waals surface area contributed by atoms with Gasteiger partial charge in [0.25, 0.3) is 0 Å². The number of hydrogen-bond donors (Lipinski definition) is 1. The minimum absolute atomic E-state index is 0.0484. The zero-order chi connectivity index (χ0) is 34.0. The molecule has 1 aliphatic carbocycles. The van der Waals surface area contributed by atoms with Gasteiger partial charge in [0.2, 0.25) is 5.88 Å². The SMILES string of the molecule is Cc1c(-c2cc3cc(NC(=O)OC4[C@H]5CN(C(=O)OC(C)(C)C)C[C@@H]45)ncc3c(Cl)c2F)cnc2c1N(C(=O)OC(C)(C)C)CCO2. The smallest absolute Gasteiger partial charge is 0.415 e. The Hall–Kier alpha value is -4.39. The fourth-order valence-corrected chi connectivity index (χ4v) is 6.24. The molecule has 3 atom stereocenters. The van der Waals surface area contributed by atoms with Crippen LogP contribution >= 0.6 is 11.6 Å². The van der Waals surface area contributed by atoms with Crippen LogP contribution < -0.4 is 15.0 Å². The molecule has 0 radical (unpaired) electrons. The van der Waals surface area contributed by atoms with Gasteiger partial charge in [0.05, 0.1) is 11.6 Å². The number of aromatic nitrogens is 2. The predicted molar refractivity (Wildman–Crippen MR) is 172 cm³/mol. The number of piperidine rings is 1. The van der Waals surface area contributed by atoms with Gasteiger partial charge >= 0.3 is 18.3 Å². The van der Waals surface area contributed by atoms with Gasteiger partial charge in [-0.3, -0.25) is 10.2 Å². The van der Waals surface area contributed by atoms with E-state index in [0.29, 0.717) is 40.7 Å². The lowest BCUT2D eigenvalue weighted by molar-refractivity contribution is 0.0244. The molecule has 2 aliphatic heterocycles. The highest BCUT2D eigenvalue weighted by molar-refractivity contribution is 6.36. The van der Waals surface area contributed by atoms with E-state index in [-0.39, 0.29) is 59.5 Å². The Morgan fingerprint density at radius 3 is 2.30 bits per heavy atom. The predicted octanol–water partition coefficient (Wildman–Crippen LogP) is 6.95. The lowest BCUT2D eigenvalue weighted by Crippen LogP contribution is -2.42. The fourth-order valence-electron chi connectivity index (χ4n) is 5.98. The average molecular weight is 670 g/mol. The highest BCUT2D eigenvalue weighted by atomic mass is 35.5. The van der Waals surface area contributed by atoms with E-state index in [1.165, 1.54) is 17.3 Å². The molecule has 12 nitrogen and oxygen atoms in total. The molecule has 1 unspecified atom stereocenters. The molecule has 3 aliphatic rings. The van der Waals surface area contributed by atoms with Crippen molar-refractivity contribution in [2.45, 2.75) is 65.8 Å². The molecule has 14 heteroatoms. The largest absolute Gasteiger partial charge is 0.474 e. The van der Waals surface area contributed by atoms with Gasteiger partial charge in [-0.1, -0.05) is 11.6 Å². The number of amides is 3. The first-order chi connectivity index (χ1) is 22.0. The number of nitrogens with one attached hydrogen (secondary N) is 1. The second-order valence-electron chi connectivity index (χ2n) is 14.0. The number of fused-ring (bicyclic) bond motifs is 3. The number of hydrogen-bond acceptors (Lipinski definition) is 9. The molecule has 4 heterocycles. The molecule has 3 amide bonds. The molecule has 1 saturated carbocycles. The molecule has 1 saturated heterocycles. The van der Waals surface area contributed by atoms with Gasteiger partial charge in [-0.15, -0.1) is 0 Å². The number of rotatable bonds is 3. The molecule has 1 N–H and O–H groups in total. The lowest BCUT2D eigenvalue weighted by Gasteiger charge is -2.32. The van der Waals surface area contributed by atoms with Gasteiger partial charge in [0, 0.05) is 53.8 Å². The summed E-state index contributed by atoms with van der Waals surface area (Å²) in [6, 6.07) is 3.16. The number of ether oxygens (including phenoxy) is 4. The number of halogens is 2. The van der Waals surface area contributed by atoms with E-state index in [0.717, 1.165) is 0 Å². The molecular formula is C33H37ClFN5O7. The first-order valence-electron chi connectivity index (χ1n) is 15.4. The number of benzene rings is 1. The van der Waals surface area contributed by atoms with Crippen molar-refractivity contribution < 1.29 is 37.7 Å². The van der Waals surface area contributed by atoms with Crippen LogP contribution in [-0.2, 0) is 14.2 Å². The topological polar surface area (TPSA) is 132 Å². The molecule has 2 aromatic heterocycles. The van der Waals surface area contributed by atoms with Crippen LogP contribution in [0.3, 0.4) is 0 Å². The van der Waals surface area contributed by atoms with Gasteiger partial charge in [-0.05, 0) is 71.5 Å². The van der Waals surface area contributed by atoms with Crippen LogP contribution in [0.15, 0.2) is 24.5 Å². The van der Waals surface area contributed by atoms with Crippen LogP contribution in [0.4, 0.5) is 30.3 Å². The maximum Gasteiger partial charge on any atom is 0.415 e. The van der Waals surface area contributed by atoms with E-state index in [9.17, 15) is 14.4 Å². The van der Waals surface area contributed by atoms with Gasteiger partial charge in [0.15, 0.2) is 0 Å². The average Bonchev–Trinajstić information content (AvgIpc) is 3.38. The molecule has 250 valence electrons. The van der Waals surface area contributed by atoms with E-state index in [4.69, 9.17) is 30.5 Å². The van der Waals surface area contributed by atoms with E-state index in [1.54, 1.807) is 44.7 Å². The van der Waals surface area contributed by atoms with Crippen LogP contribution in [0.2, 0.25) is 5.02 Å². The zero-order valence-electron chi connectivity index (χ0n) is 27.3. The summed E-state index contributed by atoms with van der Waals surface area (Å²) in [5, 5.41) is 3.33. The molecule has 47 heavy (non-hydrogen) atoms. The van der Waals surface area contributed by atoms with Crippen molar-refractivity contribution in [3.05, 3.63) is 40.9 Å². The van der Waals surface area contributed by atoms with Gasteiger partial charge < -0.3 is 23.8 Å². The Bertz CT molecular complexity index is 1780. The summed E-state index contributed by atoms with van der Waals surface area (Å²) >= 11 is 6.49. The van der Waals surface area contributed by atoms with Gasteiger partial charge in [0.1, 0.15) is 41.2 Å². The number of anilines is 2. The van der Waals surface area contributed by atoms with Gasteiger partial charge in [-0.2, -0.15) is 0 Å². The maximum absolute atomic E-state index is 15.8. The van der Waals surface area contributed by atoms with Crippen molar-refractivity contribution in [2.75, 3.05) is 36.5 Å². The minimum Gasteiger partial charge on any atom is -0.474 e. The van der Waals surface area contributed by atoms with Crippen LogP contribution in [0.5, 0.6) is 5.88 Å². The Morgan fingerprint density at radius 2 is 1.64 bits per heavy atom. The second-order valence-corrected chi connectivity index (χ2v) is 14.4. The molecule has 0 spiro atoms. The van der Waals surface area contributed by atoms with E-state index in [2.05, 4.69) is 15.3 Å². The van der Waals surface area contributed by atoms with Crippen molar-refractivity contribution in [3.63, 3.8) is 0 Å². The van der Waals surface area contributed by atoms with Gasteiger partial charge in [-0.25, -0.2) is 28.7 Å². The van der Waals surface area contributed by atoms with Crippen LogP contribution in [0.1, 0.15) is 47.1 Å². The molecule has 3 aromatic rings. The van der Waals surface area contributed by atoms with Crippen molar-refractivity contribution in [2.24, 2.45) is 11.8 Å². The summed E-state index contributed by atoms with van der Waals surface area (Å²) in [4.78, 5) is 49.9. The first kappa shape index (κ1) is 32.5. The summed E-state index contributed by atoms with van der Waals surface area (Å²) in [7, 11) is 0. The third-order valence-electron chi connectivity index (χ3n) is 8.14. The van der Waals surface area contributed by atoms with Crippen molar-refractivity contribution >= 4 is 52.2 Å². The first-order valence-corrected chi connectivity index (χ1v) is 15.7. The third kappa shape index (κ3) is 6.58. The molecule has 6 rings (SSSR count). The summed E-state index contributed by atoms with van der Waals surface area (Å²) in [5.74, 6) is -0.170. The Morgan fingerprint density at radius 1 is 0.979 bits per heavy atom. The normalized spacial score (nSPS) is 20.2. The highest BCUT2D eigenvalue weighted by Gasteiger charge is 2.60. The van der Waals surface area contributed by atoms with Crippen LogP contribution in [0.25, 0.3) is 21.9 Å². The zero-order valence-corrected chi connectivity index (χ0v) is 28.0. The van der Waals surface area contributed by atoms with E-state index in [1.807, 2.05) is 20.8 Å². The van der Waals surface area contributed by atoms with Crippen molar-refractivity contribution in [3.8, 4) is 17.0 Å². The summed E-state index contributed by atoms with van der Waals surface area (Å²) < 4.78 is 38.1. The Kier molecular flexibility index (Phi) is 8.10. The molecular weight excluding hydrogens is 633 g/mol. The third-order valence-corrected chi connectivity index (χ3v) is 8.51. The van der Waals surface area contributed by atoms with E-state index >= 15 is 4.39 Å². The number of carbonyl (C=O) groups is 3. The van der Waals surface area contributed by atoms with Crippen LogP contribution in [0, 0.1) is 24.6 Å². The molecule has 2 fully saturated rings. The minimum atomic E-state index is -0.723. The monoisotopic (exact) mass is 669 g/mol. The summed E-state index contributed by atoms with van der Waals surface area (Å²) in [5.41, 5.74) is 0.167. The Balaban J connectivity index is 1.20. The number of likely N-dealkylation sites (tertiary alicyclic amines) is 1. The summed E-state index contributed by atoms with van der Waals surface area (Å²) in [6.07, 6.45) is 0.906. The quantitative estimate of drug-likeness (QED) is 0.294. The second kappa shape index (κ2) is 11.7.